The third-order valence-electron chi connectivity index (χ3n) is 7.38. The molecular weight excluding hydrogens is 562 g/mol. The molecule has 0 fully saturated rings. The Hall–Kier alpha value is -3.94. The number of hydrogen-bond acceptors (Lipinski definition) is 8. The molecule has 0 radical (unpaired) electrons. The molecule has 226 valence electrons. The van der Waals surface area contributed by atoms with Crippen molar-refractivity contribution < 1.29 is 32.4 Å². The Kier molecular flexibility index (Phi) is 9.24. The van der Waals surface area contributed by atoms with Crippen LogP contribution in [0.4, 0.5) is 16.2 Å². The molecule has 2 heterocycles. The van der Waals surface area contributed by atoms with Gasteiger partial charge in [-0.15, -0.1) is 0 Å². The summed E-state index contributed by atoms with van der Waals surface area (Å²) in [5.41, 5.74) is 2.24. The second kappa shape index (κ2) is 12.5. The fourth-order valence-corrected chi connectivity index (χ4v) is 5.91. The number of ether oxygens (including phenoxy) is 1. The fraction of sp³-hybridized carbons (Fsp3) is 0.414. The first-order valence-electron chi connectivity index (χ1n) is 13.6. The van der Waals surface area contributed by atoms with Crippen molar-refractivity contribution in [2.24, 2.45) is 5.92 Å². The molecule has 0 aliphatic carbocycles. The van der Waals surface area contributed by atoms with Gasteiger partial charge in [-0.3, -0.25) is 4.79 Å². The van der Waals surface area contributed by atoms with Crippen LogP contribution in [0.1, 0.15) is 41.2 Å². The Balaban J connectivity index is 1.70. The van der Waals surface area contributed by atoms with Crippen LogP contribution in [-0.4, -0.2) is 78.7 Å². The van der Waals surface area contributed by atoms with Gasteiger partial charge in [-0.2, -0.15) is 4.31 Å². The first kappa shape index (κ1) is 31.0. The Morgan fingerprint density at radius 1 is 1.17 bits per heavy atom. The summed E-state index contributed by atoms with van der Waals surface area (Å²) in [6.45, 7) is 8.73. The molecule has 13 heteroatoms. The number of amides is 3. The van der Waals surface area contributed by atoms with Crippen molar-refractivity contribution in [3.63, 3.8) is 0 Å². The summed E-state index contributed by atoms with van der Waals surface area (Å²) < 4.78 is 39.6. The number of sulfonamides is 1. The largest absolute Gasteiger partial charge is 0.486 e. The van der Waals surface area contributed by atoms with E-state index in [1.165, 1.54) is 11.4 Å². The van der Waals surface area contributed by atoms with Gasteiger partial charge < -0.3 is 29.9 Å². The Morgan fingerprint density at radius 3 is 2.48 bits per heavy atom. The van der Waals surface area contributed by atoms with Gasteiger partial charge in [0.05, 0.1) is 35.3 Å². The van der Waals surface area contributed by atoms with Gasteiger partial charge in [0.1, 0.15) is 17.5 Å². The highest BCUT2D eigenvalue weighted by Gasteiger charge is 2.36. The number of urea groups is 1. The molecule has 0 unspecified atom stereocenters. The molecule has 42 heavy (non-hydrogen) atoms. The highest BCUT2D eigenvalue weighted by atomic mass is 32.2. The summed E-state index contributed by atoms with van der Waals surface area (Å²) in [6.07, 6.45) is -0.718. The SMILES string of the molecule is Cc1ccc(S(=O)(=O)N(C)C[C@@H]2Oc3c(NC(=O)Nc4c(C)noc4C)cccc3C(=O)N([C@@H](C)CO)C[C@@H]2C)cc1. The number of aromatic nitrogens is 1. The number of nitrogens with zero attached hydrogens (tertiary/aromatic N) is 3. The van der Waals surface area contributed by atoms with E-state index in [2.05, 4.69) is 15.8 Å². The zero-order valence-corrected chi connectivity index (χ0v) is 25.4. The average molecular weight is 600 g/mol. The molecule has 4 rings (SSSR count). The summed E-state index contributed by atoms with van der Waals surface area (Å²) in [5.74, 6) is -0.203. The van der Waals surface area contributed by atoms with E-state index in [0.29, 0.717) is 17.1 Å². The summed E-state index contributed by atoms with van der Waals surface area (Å²) in [7, 11) is -2.37. The van der Waals surface area contributed by atoms with Gasteiger partial charge >= 0.3 is 6.03 Å². The fourth-order valence-electron chi connectivity index (χ4n) is 4.73. The molecule has 0 saturated heterocycles. The predicted octanol–water partition coefficient (Wildman–Crippen LogP) is 3.78. The lowest BCUT2D eigenvalue weighted by molar-refractivity contribution is 0.0389. The lowest BCUT2D eigenvalue weighted by atomic mass is 9.99. The van der Waals surface area contributed by atoms with Gasteiger partial charge in [-0.25, -0.2) is 13.2 Å². The molecule has 0 spiro atoms. The van der Waals surface area contributed by atoms with Crippen LogP contribution in [0.2, 0.25) is 0 Å². The molecule has 1 aromatic heterocycles. The van der Waals surface area contributed by atoms with Crippen molar-refractivity contribution in [3.05, 3.63) is 65.0 Å². The maximum atomic E-state index is 13.7. The average Bonchev–Trinajstić information content (AvgIpc) is 3.26. The van der Waals surface area contributed by atoms with Crippen molar-refractivity contribution in [2.75, 3.05) is 37.4 Å². The quantitative estimate of drug-likeness (QED) is 0.353. The van der Waals surface area contributed by atoms with Gasteiger partial charge in [0.25, 0.3) is 5.91 Å². The van der Waals surface area contributed by atoms with Crippen molar-refractivity contribution in [3.8, 4) is 5.75 Å². The van der Waals surface area contributed by atoms with Gasteiger partial charge in [0.15, 0.2) is 11.5 Å². The van der Waals surface area contributed by atoms with Crippen molar-refractivity contribution in [1.82, 2.24) is 14.4 Å². The van der Waals surface area contributed by atoms with E-state index >= 15 is 0 Å². The third-order valence-corrected chi connectivity index (χ3v) is 9.22. The molecule has 3 N–H and O–H groups in total. The Morgan fingerprint density at radius 2 is 1.86 bits per heavy atom. The van der Waals surface area contributed by atoms with Gasteiger partial charge in [-0.1, -0.05) is 35.8 Å². The second-order valence-electron chi connectivity index (χ2n) is 10.7. The Labute approximate surface area is 245 Å². The number of carbonyl (C=O) groups excluding carboxylic acids is 2. The number of likely N-dealkylation sites (N-methyl/N-ethyl adjacent to an activating group) is 1. The molecule has 0 saturated carbocycles. The first-order chi connectivity index (χ1) is 19.8. The summed E-state index contributed by atoms with van der Waals surface area (Å²) >= 11 is 0. The van der Waals surface area contributed by atoms with E-state index in [-0.39, 0.29) is 53.4 Å². The number of nitrogens with one attached hydrogen (secondary N) is 2. The van der Waals surface area contributed by atoms with Crippen LogP contribution in [0.3, 0.4) is 0 Å². The lowest BCUT2D eigenvalue weighted by Gasteiger charge is -2.38. The molecule has 3 amide bonds. The highest BCUT2D eigenvalue weighted by Crippen LogP contribution is 2.35. The summed E-state index contributed by atoms with van der Waals surface area (Å²) in [6, 6.07) is 10.2. The standard InChI is InChI=1S/C29H37N5O7S/c1-17-10-12-22(13-11-17)42(38,39)33(6)15-25-18(2)14-34(19(3)16-35)28(36)23-8-7-9-24(27(23)40-25)30-29(37)31-26-20(4)32-41-21(26)5/h7-13,18-19,25,35H,14-16H2,1-6H3,(H2,30,31,37)/t18-,19-,25-/m0/s1. The molecule has 1 aliphatic rings. The van der Waals surface area contributed by atoms with E-state index in [1.54, 1.807) is 68.1 Å². The van der Waals surface area contributed by atoms with Crippen molar-refractivity contribution >= 4 is 33.3 Å². The number of para-hydroxylation sites is 1. The smallest absolute Gasteiger partial charge is 0.323 e. The second-order valence-corrected chi connectivity index (χ2v) is 12.7. The number of carbonyl (C=O) groups is 2. The van der Waals surface area contributed by atoms with Gasteiger partial charge in [0, 0.05) is 19.5 Å². The van der Waals surface area contributed by atoms with Crippen LogP contribution >= 0.6 is 0 Å². The number of anilines is 2. The topological polar surface area (TPSA) is 154 Å². The van der Waals surface area contributed by atoms with Crippen LogP contribution in [-0.2, 0) is 10.0 Å². The number of aryl methyl sites for hydroxylation is 3. The zero-order valence-electron chi connectivity index (χ0n) is 24.5. The number of rotatable bonds is 8. The minimum atomic E-state index is -3.85. The number of benzene rings is 2. The van der Waals surface area contributed by atoms with Crippen LogP contribution in [0.5, 0.6) is 5.75 Å². The molecular formula is C29H37N5O7S. The first-order valence-corrected chi connectivity index (χ1v) is 15.0. The highest BCUT2D eigenvalue weighted by molar-refractivity contribution is 7.89. The van der Waals surface area contributed by atoms with E-state index in [9.17, 15) is 23.1 Å². The summed E-state index contributed by atoms with van der Waals surface area (Å²) in [4.78, 5) is 28.4. The minimum Gasteiger partial charge on any atom is -0.486 e. The molecule has 2 aromatic carbocycles. The van der Waals surface area contributed by atoms with Crippen LogP contribution in [0, 0.1) is 26.7 Å². The molecule has 3 atom stereocenters. The van der Waals surface area contributed by atoms with E-state index in [1.807, 2.05) is 13.8 Å². The number of aliphatic hydroxyl groups is 1. The number of fused-ring (bicyclic) bond motifs is 1. The normalized spacial score (nSPS) is 18.1. The monoisotopic (exact) mass is 599 g/mol. The maximum Gasteiger partial charge on any atom is 0.323 e. The van der Waals surface area contributed by atoms with Gasteiger partial charge in [-0.05, 0) is 52.0 Å². The maximum absolute atomic E-state index is 13.7. The molecule has 12 nitrogen and oxygen atoms in total. The predicted molar refractivity (Wildman–Crippen MR) is 157 cm³/mol. The van der Waals surface area contributed by atoms with E-state index in [0.717, 1.165) is 5.56 Å². The Bertz CT molecular complexity index is 1540. The van der Waals surface area contributed by atoms with Gasteiger partial charge in [0.2, 0.25) is 10.0 Å². The molecule has 0 bridgehead atoms. The van der Waals surface area contributed by atoms with Crippen LogP contribution in [0.15, 0.2) is 51.9 Å². The number of aliphatic hydroxyl groups excluding tert-OH is 1. The zero-order chi connectivity index (χ0) is 30.8. The molecule has 1 aliphatic heterocycles. The molecule has 3 aromatic rings. The van der Waals surface area contributed by atoms with Crippen molar-refractivity contribution in [2.45, 2.75) is 51.7 Å². The minimum absolute atomic E-state index is 0.0358. The summed E-state index contributed by atoms with van der Waals surface area (Å²) in [5, 5.41) is 19.2. The van der Waals surface area contributed by atoms with Crippen LogP contribution in [0.25, 0.3) is 0 Å². The van der Waals surface area contributed by atoms with Crippen molar-refractivity contribution in [1.29, 1.82) is 0 Å². The van der Waals surface area contributed by atoms with Crippen LogP contribution < -0.4 is 15.4 Å². The van der Waals surface area contributed by atoms with E-state index in [4.69, 9.17) is 9.26 Å². The number of hydrogen-bond donors (Lipinski definition) is 3. The lowest BCUT2D eigenvalue weighted by Crippen LogP contribution is -2.50. The van der Waals surface area contributed by atoms with E-state index < -0.39 is 28.2 Å². The third kappa shape index (κ3) is 6.42.